The smallest absolute Gasteiger partial charge is 0.338 e. The van der Waals surface area contributed by atoms with Crippen molar-refractivity contribution < 1.29 is 19.1 Å². The molecular formula is C26H28O4. The number of carbonyl (C=O) groups is 2. The van der Waals surface area contributed by atoms with Gasteiger partial charge in [-0.3, -0.25) is 0 Å². The predicted molar refractivity (Wildman–Crippen MR) is 120 cm³/mol. The number of fused-ring (bicyclic) bond motifs is 3. The Morgan fingerprint density at radius 1 is 0.967 bits per heavy atom. The van der Waals surface area contributed by atoms with Crippen LogP contribution in [0.15, 0.2) is 60.2 Å². The molecule has 0 saturated carbocycles. The summed E-state index contributed by atoms with van der Waals surface area (Å²) in [5, 5.41) is 2.27. The zero-order valence-electron chi connectivity index (χ0n) is 17.8. The lowest BCUT2D eigenvalue weighted by Crippen LogP contribution is -2.08. The SMILES string of the molecule is C=C(C)C(=O)OCCCCC1=Cc2ccc3cc(OC(=O)C(=C)C)ccc3c2CC1. The van der Waals surface area contributed by atoms with Crippen LogP contribution in [0.2, 0.25) is 0 Å². The van der Waals surface area contributed by atoms with Crippen LogP contribution >= 0.6 is 0 Å². The number of allylic oxidation sites excluding steroid dienone is 1. The average molecular weight is 405 g/mol. The molecule has 0 unspecified atom stereocenters. The minimum Gasteiger partial charge on any atom is -0.462 e. The van der Waals surface area contributed by atoms with Crippen molar-refractivity contribution in [1.82, 2.24) is 0 Å². The second-order valence-electron chi connectivity index (χ2n) is 7.86. The van der Waals surface area contributed by atoms with Gasteiger partial charge in [0.15, 0.2) is 0 Å². The van der Waals surface area contributed by atoms with Crippen LogP contribution < -0.4 is 4.74 Å². The fourth-order valence-electron chi connectivity index (χ4n) is 3.58. The molecule has 0 saturated heterocycles. The Morgan fingerprint density at radius 3 is 2.47 bits per heavy atom. The first-order chi connectivity index (χ1) is 14.3. The molecule has 1 aliphatic carbocycles. The number of carbonyl (C=O) groups excluding carboxylic acids is 2. The highest BCUT2D eigenvalue weighted by Crippen LogP contribution is 2.33. The summed E-state index contributed by atoms with van der Waals surface area (Å²) >= 11 is 0. The van der Waals surface area contributed by atoms with E-state index in [1.54, 1.807) is 13.8 Å². The summed E-state index contributed by atoms with van der Waals surface area (Å²) in [5.74, 6) is -0.186. The van der Waals surface area contributed by atoms with Gasteiger partial charge < -0.3 is 9.47 Å². The predicted octanol–water partition coefficient (Wildman–Crippen LogP) is 5.94. The number of rotatable bonds is 8. The Hall–Kier alpha value is -3.14. The summed E-state index contributed by atoms with van der Waals surface area (Å²) in [6, 6.07) is 9.99. The summed E-state index contributed by atoms with van der Waals surface area (Å²) in [5.41, 5.74) is 4.84. The molecular weight excluding hydrogens is 376 g/mol. The van der Waals surface area contributed by atoms with Crippen molar-refractivity contribution in [3.8, 4) is 5.75 Å². The van der Waals surface area contributed by atoms with Gasteiger partial charge in [0, 0.05) is 11.1 Å². The van der Waals surface area contributed by atoms with E-state index in [2.05, 4.69) is 31.4 Å². The Bertz CT molecular complexity index is 1040. The van der Waals surface area contributed by atoms with Gasteiger partial charge in [-0.05, 0) is 80.0 Å². The van der Waals surface area contributed by atoms with Crippen molar-refractivity contribution in [1.29, 1.82) is 0 Å². The molecule has 0 radical (unpaired) electrons. The van der Waals surface area contributed by atoms with Crippen LogP contribution in [0.5, 0.6) is 5.75 Å². The lowest BCUT2D eigenvalue weighted by molar-refractivity contribution is -0.139. The minimum absolute atomic E-state index is 0.315. The average Bonchev–Trinajstić information content (AvgIpc) is 2.72. The van der Waals surface area contributed by atoms with Crippen molar-refractivity contribution in [3.05, 3.63) is 71.3 Å². The number of aryl methyl sites for hydroxylation is 1. The first-order valence-electron chi connectivity index (χ1n) is 10.3. The Kier molecular flexibility index (Phi) is 6.88. The molecule has 1 aliphatic rings. The van der Waals surface area contributed by atoms with Gasteiger partial charge in [0.05, 0.1) is 6.61 Å². The zero-order chi connectivity index (χ0) is 21.7. The molecule has 0 spiro atoms. The molecule has 156 valence electrons. The third-order valence-electron chi connectivity index (χ3n) is 5.23. The summed E-state index contributed by atoms with van der Waals surface area (Å²) in [6.07, 6.45) is 7.17. The van der Waals surface area contributed by atoms with Crippen LogP contribution in [-0.2, 0) is 20.7 Å². The van der Waals surface area contributed by atoms with E-state index in [1.807, 2.05) is 18.2 Å². The molecule has 0 bridgehead atoms. The summed E-state index contributed by atoms with van der Waals surface area (Å²) < 4.78 is 10.5. The standard InChI is InChI=1S/C26H28O4/c1-17(2)25(27)29-14-6-5-7-19-8-12-23-20(15-19)9-10-21-16-22(11-13-24(21)23)30-26(28)18(3)4/h9-11,13,15-16H,1,3,5-8,12,14H2,2,4H3. The number of ether oxygens (including phenoxy) is 2. The van der Waals surface area contributed by atoms with Crippen molar-refractivity contribution in [3.63, 3.8) is 0 Å². The molecule has 3 rings (SSSR count). The molecule has 0 fully saturated rings. The molecule has 0 amide bonds. The highest BCUT2D eigenvalue weighted by atomic mass is 16.5. The Morgan fingerprint density at radius 2 is 1.73 bits per heavy atom. The quantitative estimate of drug-likeness (QED) is 0.236. The monoisotopic (exact) mass is 404 g/mol. The lowest BCUT2D eigenvalue weighted by Gasteiger charge is -2.19. The van der Waals surface area contributed by atoms with Crippen LogP contribution in [0.1, 0.15) is 50.7 Å². The van der Waals surface area contributed by atoms with Crippen LogP contribution in [0.3, 0.4) is 0 Å². The second kappa shape index (κ2) is 9.57. The van der Waals surface area contributed by atoms with E-state index in [-0.39, 0.29) is 5.97 Å². The molecule has 2 aromatic rings. The molecule has 2 aromatic carbocycles. The fourth-order valence-corrected chi connectivity index (χ4v) is 3.58. The van der Waals surface area contributed by atoms with Gasteiger partial charge in [0.25, 0.3) is 0 Å². The van der Waals surface area contributed by atoms with Gasteiger partial charge in [-0.2, -0.15) is 0 Å². The highest BCUT2D eigenvalue weighted by Gasteiger charge is 2.14. The van der Waals surface area contributed by atoms with Gasteiger partial charge in [-0.25, -0.2) is 9.59 Å². The zero-order valence-corrected chi connectivity index (χ0v) is 17.8. The van der Waals surface area contributed by atoms with Gasteiger partial charge in [-0.15, -0.1) is 0 Å². The summed E-state index contributed by atoms with van der Waals surface area (Å²) in [6.45, 7) is 10.9. The van der Waals surface area contributed by atoms with E-state index < -0.39 is 5.97 Å². The van der Waals surface area contributed by atoms with E-state index in [1.165, 1.54) is 22.1 Å². The van der Waals surface area contributed by atoms with Gasteiger partial charge >= 0.3 is 11.9 Å². The first kappa shape index (κ1) is 21.6. The van der Waals surface area contributed by atoms with Gasteiger partial charge in [0.1, 0.15) is 5.75 Å². The largest absolute Gasteiger partial charge is 0.462 e. The Balaban J connectivity index is 1.64. The number of benzene rings is 2. The maximum atomic E-state index is 11.7. The number of esters is 2. The first-order valence-corrected chi connectivity index (χ1v) is 10.3. The molecule has 30 heavy (non-hydrogen) atoms. The van der Waals surface area contributed by atoms with Crippen LogP contribution in [0.25, 0.3) is 16.8 Å². The third kappa shape index (κ3) is 5.26. The van der Waals surface area contributed by atoms with Crippen molar-refractivity contribution in [2.45, 2.75) is 46.0 Å². The van der Waals surface area contributed by atoms with E-state index in [4.69, 9.17) is 9.47 Å². The van der Waals surface area contributed by atoms with Crippen LogP contribution in [0.4, 0.5) is 0 Å². The fraction of sp³-hybridized carbons (Fsp3) is 0.308. The lowest BCUT2D eigenvalue weighted by atomic mass is 9.87. The summed E-state index contributed by atoms with van der Waals surface area (Å²) in [7, 11) is 0. The molecule has 0 atom stereocenters. The van der Waals surface area contributed by atoms with Crippen LogP contribution in [0, 0.1) is 0 Å². The van der Waals surface area contributed by atoms with Crippen molar-refractivity contribution >= 4 is 28.8 Å². The van der Waals surface area contributed by atoms with Gasteiger partial charge in [0.2, 0.25) is 0 Å². The molecule has 4 heteroatoms. The highest BCUT2D eigenvalue weighted by molar-refractivity contribution is 5.93. The number of unbranched alkanes of at least 4 members (excludes halogenated alkanes) is 1. The number of hydrogen-bond donors (Lipinski definition) is 0. The molecule has 0 N–H and O–H groups in total. The van der Waals surface area contributed by atoms with Crippen molar-refractivity contribution in [2.24, 2.45) is 0 Å². The topological polar surface area (TPSA) is 52.6 Å². The molecule has 4 nitrogen and oxygen atoms in total. The van der Waals surface area contributed by atoms with E-state index in [9.17, 15) is 9.59 Å². The van der Waals surface area contributed by atoms with E-state index >= 15 is 0 Å². The molecule has 0 aromatic heterocycles. The van der Waals surface area contributed by atoms with Crippen molar-refractivity contribution in [2.75, 3.05) is 6.61 Å². The van der Waals surface area contributed by atoms with Gasteiger partial charge in [-0.1, -0.05) is 43.0 Å². The summed E-state index contributed by atoms with van der Waals surface area (Å²) in [4.78, 5) is 23.1. The third-order valence-corrected chi connectivity index (χ3v) is 5.23. The number of hydrogen-bond acceptors (Lipinski definition) is 4. The Labute approximate surface area is 177 Å². The van der Waals surface area contributed by atoms with Crippen LogP contribution in [-0.4, -0.2) is 18.5 Å². The van der Waals surface area contributed by atoms with E-state index in [0.717, 1.165) is 37.5 Å². The normalized spacial score (nSPS) is 12.7. The second-order valence-corrected chi connectivity index (χ2v) is 7.86. The molecule has 0 heterocycles. The molecule has 0 aliphatic heterocycles. The maximum absolute atomic E-state index is 11.7. The minimum atomic E-state index is -0.408. The van der Waals surface area contributed by atoms with E-state index in [0.29, 0.717) is 23.5 Å². The maximum Gasteiger partial charge on any atom is 0.338 e.